The number of carbonyl (C=O) groups is 1. The van der Waals surface area contributed by atoms with Crippen molar-refractivity contribution in [3.05, 3.63) is 82.9 Å². The number of anilines is 1. The SMILES string of the molecule is Cc1oc(-c2ccsc2)nc1COc1ccccc1NC(=O)COc1ccccc1. The molecule has 1 N–H and O–H groups in total. The first-order valence-electron chi connectivity index (χ1n) is 9.37. The number of amides is 1. The Kier molecular flexibility index (Phi) is 6.10. The Morgan fingerprint density at radius 1 is 1.07 bits per heavy atom. The monoisotopic (exact) mass is 420 g/mol. The highest BCUT2D eigenvalue weighted by Gasteiger charge is 2.14. The Balaban J connectivity index is 1.38. The summed E-state index contributed by atoms with van der Waals surface area (Å²) in [7, 11) is 0. The number of benzene rings is 2. The third-order valence-corrected chi connectivity index (χ3v) is 4.98. The van der Waals surface area contributed by atoms with E-state index < -0.39 is 0 Å². The summed E-state index contributed by atoms with van der Waals surface area (Å²) >= 11 is 1.59. The van der Waals surface area contributed by atoms with E-state index in [1.807, 2.05) is 54.1 Å². The molecule has 0 saturated heterocycles. The predicted molar refractivity (Wildman–Crippen MR) is 116 cm³/mol. The van der Waals surface area contributed by atoms with Crippen molar-refractivity contribution in [2.75, 3.05) is 11.9 Å². The Morgan fingerprint density at radius 2 is 1.87 bits per heavy atom. The fourth-order valence-corrected chi connectivity index (χ4v) is 3.40. The van der Waals surface area contributed by atoms with Crippen LogP contribution in [0.15, 0.2) is 75.8 Å². The molecule has 6 nitrogen and oxygen atoms in total. The smallest absolute Gasteiger partial charge is 0.262 e. The van der Waals surface area contributed by atoms with E-state index >= 15 is 0 Å². The molecule has 0 unspecified atom stereocenters. The molecule has 2 aromatic carbocycles. The van der Waals surface area contributed by atoms with Crippen molar-refractivity contribution >= 4 is 22.9 Å². The molecule has 0 fully saturated rings. The summed E-state index contributed by atoms with van der Waals surface area (Å²) in [6, 6.07) is 18.4. The van der Waals surface area contributed by atoms with Crippen LogP contribution in [0, 0.1) is 6.92 Å². The molecule has 152 valence electrons. The van der Waals surface area contributed by atoms with Gasteiger partial charge in [0.15, 0.2) is 6.61 Å². The molecule has 2 aromatic heterocycles. The van der Waals surface area contributed by atoms with E-state index in [9.17, 15) is 4.79 Å². The molecule has 0 aliphatic heterocycles. The van der Waals surface area contributed by atoms with Crippen LogP contribution in [0.25, 0.3) is 11.5 Å². The van der Waals surface area contributed by atoms with Gasteiger partial charge in [0.2, 0.25) is 5.89 Å². The number of rotatable bonds is 8. The molecule has 4 aromatic rings. The highest BCUT2D eigenvalue weighted by molar-refractivity contribution is 7.08. The average Bonchev–Trinajstić information content (AvgIpc) is 3.42. The summed E-state index contributed by atoms with van der Waals surface area (Å²) < 4.78 is 17.2. The zero-order valence-corrected chi connectivity index (χ0v) is 17.1. The van der Waals surface area contributed by atoms with Gasteiger partial charge in [0, 0.05) is 10.9 Å². The maximum absolute atomic E-state index is 12.3. The van der Waals surface area contributed by atoms with Crippen molar-refractivity contribution in [1.82, 2.24) is 4.98 Å². The van der Waals surface area contributed by atoms with Crippen LogP contribution in [0.3, 0.4) is 0 Å². The normalized spacial score (nSPS) is 10.6. The van der Waals surface area contributed by atoms with Crippen molar-refractivity contribution in [1.29, 1.82) is 0 Å². The summed E-state index contributed by atoms with van der Waals surface area (Å²) in [6.45, 7) is 1.99. The number of thiophene rings is 1. The van der Waals surface area contributed by atoms with E-state index in [0.717, 1.165) is 5.56 Å². The second-order valence-electron chi connectivity index (χ2n) is 6.47. The number of hydrogen-bond donors (Lipinski definition) is 1. The first kappa shape index (κ1) is 19.7. The van der Waals surface area contributed by atoms with Crippen LogP contribution in [0.2, 0.25) is 0 Å². The molecule has 0 spiro atoms. The zero-order valence-electron chi connectivity index (χ0n) is 16.3. The molecule has 0 saturated carbocycles. The van der Waals surface area contributed by atoms with Crippen LogP contribution >= 0.6 is 11.3 Å². The number of nitrogens with one attached hydrogen (secondary N) is 1. The van der Waals surface area contributed by atoms with Crippen molar-refractivity contribution in [3.8, 4) is 23.0 Å². The number of nitrogens with zero attached hydrogens (tertiary/aromatic N) is 1. The largest absolute Gasteiger partial charge is 0.485 e. The lowest BCUT2D eigenvalue weighted by molar-refractivity contribution is -0.118. The maximum Gasteiger partial charge on any atom is 0.262 e. The summed E-state index contributed by atoms with van der Waals surface area (Å²) in [5.74, 6) is 2.19. The molecule has 0 aliphatic carbocycles. The van der Waals surface area contributed by atoms with Gasteiger partial charge >= 0.3 is 0 Å². The zero-order chi connectivity index (χ0) is 20.8. The lowest BCUT2D eigenvalue weighted by Gasteiger charge is -2.12. The third-order valence-electron chi connectivity index (χ3n) is 4.30. The summed E-state index contributed by atoms with van der Waals surface area (Å²) in [5.41, 5.74) is 2.23. The van der Waals surface area contributed by atoms with E-state index in [-0.39, 0.29) is 19.1 Å². The minimum atomic E-state index is -0.271. The van der Waals surface area contributed by atoms with Crippen molar-refractivity contribution in [2.45, 2.75) is 13.5 Å². The number of hydrogen-bond acceptors (Lipinski definition) is 6. The number of para-hydroxylation sites is 3. The standard InChI is InChI=1S/C23H20N2O4S/c1-16-20(25-23(29-16)17-11-12-30-15-17)13-28-21-10-6-5-9-19(21)24-22(26)14-27-18-7-3-2-4-8-18/h2-12,15H,13-14H2,1H3,(H,24,26). The van der Waals surface area contributed by atoms with Gasteiger partial charge in [0.1, 0.15) is 29.6 Å². The van der Waals surface area contributed by atoms with Gasteiger partial charge < -0.3 is 19.2 Å². The number of aryl methyl sites for hydroxylation is 1. The van der Waals surface area contributed by atoms with Crippen LogP contribution in [0.5, 0.6) is 11.5 Å². The molecule has 0 radical (unpaired) electrons. The van der Waals surface area contributed by atoms with Gasteiger partial charge in [0.25, 0.3) is 5.91 Å². The van der Waals surface area contributed by atoms with Crippen molar-refractivity contribution < 1.29 is 18.7 Å². The Labute approximate surface area is 178 Å². The lowest BCUT2D eigenvalue weighted by Crippen LogP contribution is -2.20. The Morgan fingerprint density at radius 3 is 2.67 bits per heavy atom. The molecule has 0 atom stereocenters. The van der Waals surface area contributed by atoms with Gasteiger partial charge in [0.05, 0.1) is 5.69 Å². The maximum atomic E-state index is 12.3. The van der Waals surface area contributed by atoms with Gasteiger partial charge in [-0.15, -0.1) is 0 Å². The van der Waals surface area contributed by atoms with E-state index in [1.165, 1.54) is 0 Å². The molecule has 30 heavy (non-hydrogen) atoms. The van der Waals surface area contributed by atoms with Crippen LogP contribution in [0.4, 0.5) is 5.69 Å². The molecule has 4 rings (SSSR count). The highest BCUT2D eigenvalue weighted by atomic mass is 32.1. The minimum absolute atomic E-state index is 0.0925. The Bertz CT molecular complexity index is 1110. The first-order valence-corrected chi connectivity index (χ1v) is 10.3. The molecule has 2 heterocycles. The molecule has 7 heteroatoms. The summed E-state index contributed by atoms with van der Waals surface area (Å²) in [5, 5.41) is 6.79. The second-order valence-corrected chi connectivity index (χ2v) is 7.25. The topological polar surface area (TPSA) is 73.6 Å². The second kappa shape index (κ2) is 9.28. The first-order chi connectivity index (χ1) is 14.7. The molecule has 0 bridgehead atoms. The summed E-state index contributed by atoms with van der Waals surface area (Å²) in [4.78, 5) is 16.8. The van der Waals surface area contributed by atoms with E-state index in [2.05, 4.69) is 10.3 Å². The van der Waals surface area contributed by atoms with Gasteiger partial charge in [-0.25, -0.2) is 4.98 Å². The van der Waals surface area contributed by atoms with Gasteiger partial charge in [-0.1, -0.05) is 30.3 Å². The van der Waals surface area contributed by atoms with Crippen LogP contribution in [-0.2, 0) is 11.4 Å². The van der Waals surface area contributed by atoms with Crippen molar-refractivity contribution in [2.24, 2.45) is 0 Å². The number of oxazole rings is 1. The number of carbonyl (C=O) groups excluding carboxylic acids is 1. The quantitative estimate of drug-likeness (QED) is 0.418. The molecular weight excluding hydrogens is 400 g/mol. The van der Waals surface area contributed by atoms with Gasteiger partial charge in [-0.05, 0) is 42.6 Å². The van der Waals surface area contributed by atoms with E-state index in [0.29, 0.717) is 34.5 Å². The minimum Gasteiger partial charge on any atom is -0.485 e. The van der Waals surface area contributed by atoms with E-state index in [4.69, 9.17) is 13.9 Å². The predicted octanol–water partition coefficient (Wildman–Crippen LogP) is 5.31. The van der Waals surface area contributed by atoms with Crippen molar-refractivity contribution in [3.63, 3.8) is 0 Å². The van der Waals surface area contributed by atoms with Gasteiger partial charge in [-0.2, -0.15) is 11.3 Å². The molecule has 0 aliphatic rings. The number of ether oxygens (including phenoxy) is 2. The molecular formula is C23H20N2O4S. The average molecular weight is 420 g/mol. The van der Waals surface area contributed by atoms with Crippen LogP contribution in [0.1, 0.15) is 11.5 Å². The number of aromatic nitrogens is 1. The lowest BCUT2D eigenvalue weighted by atomic mass is 10.3. The van der Waals surface area contributed by atoms with Gasteiger partial charge in [-0.3, -0.25) is 4.79 Å². The van der Waals surface area contributed by atoms with E-state index in [1.54, 1.807) is 35.6 Å². The highest BCUT2D eigenvalue weighted by Crippen LogP contribution is 2.27. The molecule has 1 amide bonds. The third kappa shape index (κ3) is 4.87. The van der Waals surface area contributed by atoms with Crippen LogP contribution < -0.4 is 14.8 Å². The summed E-state index contributed by atoms with van der Waals surface area (Å²) in [6.07, 6.45) is 0. The Hall–Kier alpha value is -3.58. The fraction of sp³-hybridized carbons (Fsp3) is 0.130. The fourth-order valence-electron chi connectivity index (χ4n) is 2.77. The van der Waals surface area contributed by atoms with Crippen LogP contribution in [-0.4, -0.2) is 17.5 Å².